The molecule has 0 aliphatic rings. The van der Waals surface area contributed by atoms with Crippen molar-refractivity contribution in [3.63, 3.8) is 0 Å². The van der Waals surface area contributed by atoms with Crippen molar-refractivity contribution in [2.24, 2.45) is 11.7 Å². The Bertz CT molecular complexity index is 825. The third-order valence-corrected chi connectivity index (χ3v) is 4.71. The lowest BCUT2D eigenvalue weighted by Gasteiger charge is -2.20. The number of methoxy groups -OCH3 is 1. The normalized spacial score (nSPS) is 13.8. The number of imidazole rings is 1. The summed E-state index contributed by atoms with van der Waals surface area (Å²) in [6, 6.07) is 16.3. The lowest BCUT2D eigenvalue weighted by Crippen LogP contribution is -2.23. The highest BCUT2D eigenvalue weighted by molar-refractivity contribution is 5.76. The number of hydrogen-bond donors (Lipinski definition) is 1. The van der Waals surface area contributed by atoms with Crippen molar-refractivity contribution in [3.8, 4) is 5.75 Å². The molecule has 0 spiro atoms. The maximum atomic E-state index is 6.52. The summed E-state index contributed by atoms with van der Waals surface area (Å²) in [6.45, 7) is 5.08. The highest BCUT2D eigenvalue weighted by atomic mass is 16.5. The van der Waals surface area contributed by atoms with E-state index in [-0.39, 0.29) is 6.04 Å². The first-order valence-electron chi connectivity index (χ1n) is 8.47. The first-order valence-corrected chi connectivity index (χ1v) is 8.47. The molecule has 2 aromatic carbocycles. The van der Waals surface area contributed by atoms with Gasteiger partial charge in [-0.25, -0.2) is 4.98 Å². The van der Waals surface area contributed by atoms with E-state index in [9.17, 15) is 0 Å². The molecule has 0 saturated carbocycles. The maximum absolute atomic E-state index is 6.52. The molecule has 4 nitrogen and oxygen atoms in total. The first kappa shape index (κ1) is 16.5. The van der Waals surface area contributed by atoms with Gasteiger partial charge in [0.15, 0.2) is 0 Å². The van der Waals surface area contributed by atoms with Gasteiger partial charge in [0.05, 0.1) is 24.2 Å². The number of rotatable bonds is 6. The van der Waals surface area contributed by atoms with E-state index >= 15 is 0 Å². The molecule has 2 N–H and O–H groups in total. The molecule has 126 valence electrons. The molecule has 1 aromatic heterocycles. The van der Waals surface area contributed by atoms with Gasteiger partial charge in [-0.3, -0.25) is 0 Å². The maximum Gasteiger partial charge on any atom is 0.127 e. The number of nitrogens with two attached hydrogens (primary N) is 1. The van der Waals surface area contributed by atoms with Crippen molar-refractivity contribution in [2.75, 3.05) is 7.11 Å². The van der Waals surface area contributed by atoms with E-state index < -0.39 is 0 Å². The molecule has 0 aliphatic carbocycles. The molecule has 2 atom stereocenters. The Morgan fingerprint density at radius 2 is 1.96 bits per heavy atom. The van der Waals surface area contributed by atoms with Gasteiger partial charge >= 0.3 is 0 Å². The molecule has 0 radical (unpaired) electrons. The van der Waals surface area contributed by atoms with Crippen LogP contribution in [0.4, 0.5) is 0 Å². The highest BCUT2D eigenvalue weighted by Crippen LogP contribution is 2.27. The number of nitrogens with zero attached hydrogens (tertiary/aromatic N) is 2. The summed E-state index contributed by atoms with van der Waals surface area (Å²) in [7, 11) is 1.69. The second kappa shape index (κ2) is 7.05. The molecular formula is C20H25N3O. The largest absolute Gasteiger partial charge is 0.497 e. The molecule has 0 amide bonds. The molecule has 1 unspecified atom stereocenters. The summed E-state index contributed by atoms with van der Waals surface area (Å²) >= 11 is 0. The average molecular weight is 323 g/mol. The van der Waals surface area contributed by atoms with Crippen LogP contribution in [0.1, 0.15) is 37.7 Å². The van der Waals surface area contributed by atoms with Gasteiger partial charge in [0.25, 0.3) is 0 Å². The molecule has 0 saturated heterocycles. The van der Waals surface area contributed by atoms with Crippen molar-refractivity contribution in [1.82, 2.24) is 9.55 Å². The van der Waals surface area contributed by atoms with Crippen molar-refractivity contribution < 1.29 is 4.74 Å². The van der Waals surface area contributed by atoms with E-state index in [0.717, 1.165) is 35.6 Å². The Kier molecular flexibility index (Phi) is 4.86. The predicted molar refractivity (Wildman–Crippen MR) is 98.2 cm³/mol. The van der Waals surface area contributed by atoms with Crippen LogP contribution in [-0.2, 0) is 6.54 Å². The molecule has 1 heterocycles. The van der Waals surface area contributed by atoms with E-state index in [1.54, 1.807) is 7.11 Å². The fraction of sp³-hybridized carbons (Fsp3) is 0.350. The summed E-state index contributed by atoms with van der Waals surface area (Å²) in [5, 5.41) is 0. The number of para-hydroxylation sites is 2. The van der Waals surface area contributed by atoms with Crippen LogP contribution >= 0.6 is 0 Å². The molecular weight excluding hydrogens is 298 g/mol. The second-order valence-corrected chi connectivity index (χ2v) is 6.31. The van der Waals surface area contributed by atoms with E-state index in [0.29, 0.717) is 5.92 Å². The SMILES string of the molecule is CCC(C)[C@H](N)c1nc2ccccc2n1Cc1cccc(OC)c1. The van der Waals surface area contributed by atoms with Crippen LogP contribution in [-0.4, -0.2) is 16.7 Å². The minimum Gasteiger partial charge on any atom is -0.497 e. The van der Waals surface area contributed by atoms with Gasteiger partial charge in [0, 0.05) is 6.54 Å². The highest BCUT2D eigenvalue weighted by Gasteiger charge is 2.21. The summed E-state index contributed by atoms with van der Waals surface area (Å²) in [4.78, 5) is 4.83. The van der Waals surface area contributed by atoms with Crippen LogP contribution in [0.2, 0.25) is 0 Å². The van der Waals surface area contributed by atoms with Crippen LogP contribution in [0, 0.1) is 5.92 Å². The minimum atomic E-state index is -0.0759. The molecule has 3 aromatic rings. The number of hydrogen-bond acceptors (Lipinski definition) is 3. The van der Waals surface area contributed by atoms with E-state index in [4.69, 9.17) is 15.5 Å². The third kappa shape index (κ3) is 3.15. The van der Waals surface area contributed by atoms with E-state index in [2.05, 4.69) is 36.6 Å². The molecule has 4 heteroatoms. The zero-order valence-corrected chi connectivity index (χ0v) is 14.6. The second-order valence-electron chi connectivity index (χ2n) is 6.31. The van der Waals surface area contributed by atoms with Gasteiger partial charge in [-0.15, -0.1) is 0 Å². The van der Waals surface area contributed by atoms with Crippen LogP contribution in [0.5, 0.6) is 5.75 Å². The third-order valence-electron chi connectivity index (χ3n) is 4.71. The molecule has 0 aliphatic heterocycles. The monoisotopic (exact) mass is 323 g/mol. The fourth-order valence-electron chi connectivity index (χ4n) is 2.98. The summed E-state index contributed by atoms with van der Waals surface area (Å²) in [5.74, 6) is 2.20. The van der Waals surface area contributed by atoms with Gasteiger partial charge in [-0.05, 0) is 35.7 Å². The van der Waals surface area contributed by atoms with Crippen molar-refractivity contribution in [3.05, 3.63) is 59.9 Å². The van der Waals surface area contributed by atoms with Gasteiger partial charge in [0.1, 0.15) is 11.6 Å². The number of aromatic nitrogens is 2. The van der Waals surface area contributed by atoms with Crippen molar-refractivity contribution in [1.29, 1.82) is 0 Å². The lowest BCUT2D eigenvalue weighted by atomic mass is 9.99. The molecule has 24 heavy (non-hydrogen) atoms. The Balaban J connectivity index is 2.07. The number of ether oxygens (including phenoxy) is 1. The molecule has 0 fully saturated rings. The quantitative estimate of drug-likeness (QED) is 0.742. The van der Waals surface area contributed by atoms with Crippen LogP contribution in [0.25, 0.3) is 11.0 Å². The summed E-state index contributed by atoms with van der Waals surface area (Å²) < 4.78 is 7.58. The van der Waals surface area contributed by atoms with Gasteiger partial charge < -0.3 is 15.0 Å². The smallest absolute Gasteiger partial charge is 0.127 e. The van der Waals surface area contributed by atoms with Crippen molar-refractivity contribution in [2.45, 2.75) is 32.9 Å². The number of fused-ring (bicyclic) bond motifs is 1. The van der Waals surface area contributed by atoms with Crippen molar-refractivity contribution >= 4 is 11.0 Å². The molecule has 3 rings (SSSR count). The predicted octanol–water partition coefficient (Wildman–Crippen LogP) is 4.14. The Morgan fingerprint density at radius 3 is 2.71 bits per heavy atom. The lowest BCUT2D eigenvalue weighted by molar-refractivity contribution is 0.413. The average Bonchev–Trinajstić information content (AvgIpc) is 2.99. The Hall–Kier alpha value is -2.33. The van der Waals surface area contributed by atoms with Crippen LogP contribution < -0.4 is 10.5 Å². The van der Waals surface area contributed by atoms with Gasteiger partial charge in [-0.2, -0.15) is 0 Å². The van der Waals surface area contributed by atoms with E-state index in [1.165, 1.54) is 5.56 Å². The fourth-order valence-corrected chi connectivity index (χ4v) is 2.98. The summed E-state index contributed by atoms with van der Waals surface area (Å²) in [6.07, 6.45) is 1.03. The molecule has 0 bridgehead atoms. The first-order chi connectivity index (χ1) is 11.6. The van der Waals surface area contributed by atoms with Gasteiger partial charge in [0.2, 0.25) is 0 Å². The zero-order valence-electron chi connectivity index (χ0n) is 14.6. The van der Waals surface area contributed by atoms with Crippen LogP contribution in [0.15, 0.2) is 48.5 Å². The standard InChI is InChI=1S/C20H25N3O/c1-4-14(2)19(21)20-22-17-10-5-6-11-18(17)23(20)13-15-8-7-9-16(12-15)24-3/h5-12,14,19H,4,13,21H2,1-3H3/t14?,19-/m0/s1. The Labute approximate surface area is 143 Å². The van der Waals surface area contributed by atoms with Crippen LogP contribution in [0.3, 0.4) is 0 Å². The Morgan fingerprint density at radius 1 is 1.17 bits per heavy atom. The minimum absolute atomic E-state index is 0.0759. The number of benzene rings is 2. The van der Waals surface area contributed by atoms with E-state index in [1.807, 2.05) is 30.3 Å². The van der Waals surface area contributed by atoms with Gasteiger partial charge in [-0.1, -0.05) is 44.5 Å². The summed E-state index contributed by atoms with van der Waals surface area (Å²) in [5.41, 5.74) is 9.81. The topological polar surface area (TPSA) is 53.1 Å². The zero-order chi connectivity index (χ0) is 17.1.